The smallest absolute Gasteiger partial charge is 0.343 e. The quantitative estimate of drug-likeness (QED) is 0.786. The van der Waals surface area contributed by atoms with Crippen LogP contribution in [0.4, 0.5) is 0 Å². The molecule has 0 aliphatic rings. The van der Waals surface area contributed by atoms with E-state index in [2.05, 4.69) is 0 Å². The minimum Gasteiger partial charge on any atom is -0.506 e. The molecular formula is C18H13ClO3. The SMILES string of the molecule is O=c1oc(-c2ccccc2)c(Cl)c(O)c1Cc1ccccc1. The van der Waals surface area contributed by atoms with Gasteiger partial charge in [0.15, 0.2) is 5.76 Å². The van der Waals surface area contributed by atoms with E-state index in [1.165, 1.54) is 0 Å². The molecule has 3 nitrogen and oxygen atoms in total. The molecule has 1 N–H and O–H groups in total. The van der Waals surface area contributed by atoms with Gasteiger partial charge in [0.05, 0.1) is 5.56 Å². The van der Waals surface area contributed by atoms with Crippen LogP contribution in [0.2, 0.25) is 5.02 Å². The van der Waals surface area contributed by atoms with Crippen LogP contribution in [-0.4, -0.2) is 5.11 Å². The van der Waals surface area contributed by atoms with Gasteiger partial charge in [0.2, 0.25) is 0 Å². The zero-order chi connectivity index (χ0) is 15.5. The highest BCUT2D eigenvalue weighted by molar-refractivity contribution is 6.34. The highest BCUT2D eigenvalue weighted by Crippen LogP contribution is 2.35. The van der Waals surface area contributed by atoms with Gasteiger partial charge in [-0.05, 0) is 5.56 Å². The van der Waals surface area contributed by atoms with E-state index in [-0.39, 0.29) is 28.5 Å². The summed E-state index contributed by atoms with van der Waals surface area (Å²) in [5, 5.41) is 10.3. The molecule has 22 heavy (non-hydrogen) atoms. The summed E-state index contributed by atoms with van der Waals surface area (Å²) in [5.41, 5.74) is 1.13. The standard InChI is InChI=1S/C18H13ClO3/c19-15-16(20)14(11-12-7-3-1-4-8-12)18(21)22-17(15)13-9-5-2-6-10-13/h1-10,20H,11H2. The van der Waals surface area contributed by atoms with Crippen LogP contribution in [0.1, 0.15) is 11.1 Å². The van der Waals surface area contributed by atoms with Crippen molar-refractivity contribution in [2.45, 2.75) is 6.42 Å². The van der Waals surface area contributed by atoms with E-state index >= 15 is 0 Å². The number of aromatic hydroxyl groups is 1. The highest BCUT2D eigenvalue weighted by atomic mass is 35.5. The second-order valence-electron chi connectivity index (χ2n) is 4.89. The summed E-state index contributed by atoms with van der Waals surface area (Å²) in [5.74, 6) is -0.0396. The fourth-order valence-electron chi connectivity index (χ4n) is 2.27. The van der Waals surface area contributed by atoms with Crippen LogP contribution < -0.4 is 5.63 Å². The molecule has 3 aromatic rings. The monoisotopic (exact) mass is 312 g/mol. The van der Waals surface area contributed by atoms with Gasteiger partial charge in [0.25, 0.3) is 0 Å². The lowest BCUT2D eigenvalue weighted by Gasteiger charge is -2.09. The van der Waals surface area contributed by atoms with Gasteiger partial charge >= 0.3 is 5.63 Å². The zero-order valence-electron chi connectivity index (χ0n) is 11.6. The van der Waals surface area contributed by atoms with Crippen LogP contribution in [0.15, 0.2) is 69.9 Å². The molecule has 0 saturated carbocycles. The second-order valence-corrected chi connectivity index (χ2v) is 5.27. The Labute approximate surface area is 132 Å². The molecule has 1 heterocycles. The van der Waals surface area contributed by atoms with E-state index in [9.17, 15) is 9.90 Å². The van der Waals surface area contributed by atoms with Gasteiger partial charge in [-0.1, -0.05) is 72.3 Å². The average Bonchev–Trinajstić information content (AvgIpc) is 2.57. The van der Waals surface area contributed by atoms with Gasteiger partial charge in [-0.15, -0.1) is 0 Å². The maximum absolute atomic E-state index is 12.2. The summed E-state index contributed by atoms with van der Waals surface area (Å²) < 4.78 is 5.33. The fourth-order valence-corrected chi connectivity index (χ4v) is 2.53. The molecule has 3 rings (SSSR count). The maximum atomic E-state index is 12.2. The first-order valence-corrected chi connectivity index (χ1v) is 7.18. The van der Waals surface area contributed by atoms with Crippen molar-refractivity contribution in [1.82, 2.24) is 0 Å². The molecule has 0 atom stereocenters. The van der Waals surface area contributed by atoms with Gasteiger partial charge in [0.1, 0.15) is 10.8 Å². The van der Waals surface area contributed by atoms with Gasteiger partial charge in [-0.2, -0.15) is 0 Å². The molecule has 0 spiro atoms. The van der Waals surface area contributed by atoms with Crippen molar-refractivity contribution in [2.75, 3.05) is 0 Å². The van der Waals surface area contributed by atoms with Gasteiger partial charge in [-0.3, -0.25) is 0 Å². The van der Waals surface area contributed by atoms with E-state index in [0.717, 1.165) is 5.56 Å². The highest BCUT2D eigenvalue weighted by Gasteiger charge is 2.19. The summed E-state index contributed by atoms with van der Waals surface area (Å²) >= 11 is 6.19. The van der Waals surface area contributed by atoms with Crippen LogP contribution >= 0.6 is 11.6 Å². The van der Waals surface area contributed by atoms with Crippen LogP contribution in [-0.2, 0) is 6.42 Å². The molecule has 110 valence electrons. The van der Waals surface area contributed by atoms with E-state index in [4.69, 9.17) is 16.0 Å². The maximum Gasteiger partial charge on any atom is 0.343 e. The molecule has 1 aromatic heterocycles. The van der Waals surface area contributed by atoms with Crippen molar-refractivity contribution in [3.8, 4) is 17.1 Å². The molecule has 0 amide bonds. The summed E-state index contributed by atoms with van der Waals surface area (Å²) in [4.78, 5) is 12.2. The number of rotatable bonds is 3. The molecule has 0 bridgehead atoms. The molecule has 4 heteroatoms. The third-order valence-electron chi connectivity index (χ3n) is 3.39. The van der Waals surface area contributed by atoms with Crippen molar-refractivity contribution in [3.05, 3.63) is 87.2 Å². The number of halogens is 1. The predicted octanol–water partition coefficient (Wildman–Crippen LogP) is 4.26. The van der Waals surface area contributed by atoms with Crippen LogP contribution in [0.5, 0.6) is 5.75 Å². The Balaban J connectivity index is 2.08. The normalized spacial score (nSPS) is 10.6. The lowest BCUT2D eigenvalue weighted by atomic mass is 10.0. The Morgan fingerprint density at radius 1 is 0.955 bits per heavy atom. The predicted molar refractivity (Wildman–Crippen MR) is 86.3 cm³/mol. The third kappa shape index (κ3) is 2.76. The third-order valence-corrected chi connectivity index (χ3v) is 3.74. The van der Waals surface area contributed by atoms with Gasteiger partial charge < -0.3 is 9.52 Å². The largest absolute Gasteiger partial charge is 0.506 e. The van der Waals surface area contributed by atoms with Crippen LogP contribution in [0.3, 0.4) is 0 Å². The summed E-state index contributed by atoms with van der Waals surface area (Å²) in [6, 6.07) is 18.4. The topological polar surface area (TPSA) is 50.4 Å². The second kappa shape index (κ2) is 6.08. The number of benzene rings is 2. The first kappa shape index (κ1) is 14.4. The lowest BCUT2D eigenvalue weighted by Crippen LogP contribution is -2.09. The first-order valence-electron chi connectivity index (χ1n) is 6.80. The average molecular weight is 313 g/mol. The molecule has 0 saturated heterocycles. The zero-order valence-corrected chi connectivity index (χ0v) is 12.4. The van der Waals surface area contributed by atoms with E-state index in [0.29, 0.717) is 5.56 Å². The molecule has 2 aromatic carbocycles. The Hall–Kier alpha value is -2.52. The van der Waals surface area contributed by atoms with Crippen molar-refractivity contribution >= 4 is 11.6 Å². The van der Waals surface area contributed by atoms with Crippen molar-refractivity contribution < 1.29 is 9.52 Å². The van der Waals surface area contributed by atoms with Gasteiger partial charge in [0, 0.05) is 12.0 Å². The molecule has 0 aliphatic heterocycles. The van der Waals surface area contributed by atoms with Crippen molar-refractivity contribution in [3.63, 3.8) is 0 Å². The molecular weight excluding hydrogens is 300 g/mol. The Morgan fingerprint density at radius 2 is 1.55 bits per heavy atom. The molecule has 0 radical (unpaired) electrons. The van der Waals surface area contributed by atoms with Crippen molar-refractivity contribution in [2.24, 2.45) is 0 Å². The molecule has 0 unspecified atom stereocenters. The summed E-state index contributed by atoms with van der Waals surface area (Å²) in [6.45, 7) is 0. The molecule has 0 fully saturated rings. The van der Waals surface area contributed by atoms with Gasteiger partial charge in [-0.25, -0.2) is 4.79 Å². The summed E-state index contributed by atoms with van der Waals surface area (Å²) in [7, 11) is 0. The minimum atomic E-state index is -0.579. The Bertz CT molecular complexity index is 839. The Kier molecular flexibility index (Phi) is 3.98. The van der Waals surface area contributed by atoms with E-state index in [1.54, 1.807) is 24.3 Å². The molecule has 0 aliphatic carbocycles. The lowest BCUT2D eigenvalue weighted by molar-refractivity contribution is 0.443. The van der Waals surface area contributed by atoms with E-state index in [1.807, 2.05) is 36.4 Å². The number of hydrogen-bond donors (Lipinski definition) is 1. The minimum absolute atomic E-state index is 0.0525. The first-order chi connectivity index (χ1) is 10.7. The number of hydrogen-bond acceptors (Lipinski definition) is 3. The van der Waals surface area contributed by atoms with E-state index < -0.39 is 5.63 Å². The van der Waals surface area contributed by atoms with Crippen LogP contribution in [0, 0.1) is 0 Å². The Morgan fingerprint density at radius 3 is 2.18 bits per heavy atom. The van der Waals surface area contributed by atoms with Crippen molar-refractivity contribution in [1.29, 1.82) is 0 Å². The fraction of sp³-hybridized carbons (Fsp3) is 0.0556. The van der Waals surface area contributed by atoms with Crippen LogP contribution in [0.25, 0.3) is 11.3 Å². The summed E-state index contributed by atoms with van der Waals surface area (Å²) in [6.07, 6.45) is 0.268.